The lowest BCUT2D eigenvalue weighted by Crippen LogP contribution is -2.56. The Hall–Kier alpha value is -1.81. The molecule has 1 N–H and O–H groups in total. The second-order valence-corrected chi connectivity index (χ2v) is 7.89. The molecule has 1 aromatic carbocycles. The molecule has 5 atom stereocenters. The summed E-state index contributed by atoms with van der Waals surface area (Å²) in [6.45, 7) is 4.62. The van der Waals surface area contributed by atoms with Crippen molar-refractivity contribution in [2.75, 3.05) is 13.1 Å². The fourth-order valence-electron chi connectivity index (χ4n) is 5.99. The van der Waals surface area contributed by atoms with Gasteiger partial charge in [0.25, 0.3) is 0 Å². The summed E-state index contributed by atoms with van der Waals surface area (Å²) in [6, 6.07) is 6.01. The molecule has 1 aromatic heterocycles. The molecule has 1 aliphatic carbocycles. The van der Waals surface area contributed by atoms with E-state index in [-0.39, 0.29) is 5.75 Å². The van der Waals surface area contributed by atoms with Crippen LogP contribution in [0.15, 0.2) is 18.2 Å². The van der Waals surface area contributed by atoms with Crippen LogP contribution in [0.1, 0.15) is 43.4 Å². The average molecular weight is 324 g/mol. The highest BCUT2D eigenvalue weighted by atomic mass is 16.3. The lowest BCUT2D eigenvalue weighted by Gasteiger charge is -2.53. The van der Waals surface area contributed by atoms with E-state index < -0.39 is 0 Å². The van der Waals surface area contributed by atoms with E-state index in [9.17, 15) is 9.90 Å². The normalized spacial score (nSPS) is 34.1. The van der Waals surface area contributed by atoms with Crippen LogP contribution >= 0.6 is 0 Å². The molecule has 3 fully saturated rings. The second kappa shape index (κ2) is 5.09. The van der Waals surface area contributed by atoms with Gasteiger partial charge in [0.15, 0.2) is 0 Å². The first-order valence-corrected chi connectivity index (χ1v) is 9.26. The van der Waals surface area contributed by atoms with Gasteiger partial charge in [0.1, 0.15) is 5.75 Å². The fraction of sp³-hybridized carbons (Fsp3) is 0.550. The zero-order valence-electron chi connectivity index (χ0n) is 14.1. The molecule has 3 aliphatic heterocycles. The predicted octanol–water partition coefficient (Wildman–Crippen LogP) is 3.15. The van der Waals surface area contributed by atoms with Crippen molar-refractivity contribution in [3.8, 4) is 5.75 Å². The molecule has 0 spiro atoms. The van der Waals surface area contributed by atoms with E-state index in [0.717, 1.165) is 42.1 Å². The van der Waals surface area contributed by atoms with E-state index in [1.807, 2.05) is 16.7 Å². The number of nitrogens with zero attached hydrogens (tertiary/aromatic N) is 2. The maximum Gasteiger partial charge on any atom is 0.218 e. The number of fused-ring (bicyclic) bond motifs is 4. The first kappa shape index (κ1) is 14.5. The smallest absolute Gasteiger partial charge is 0.218 e. The Labute approximate surface area is 142 Å². The van der Waals surface area contributed by atoms with Crippen LogP contribution in [0.3, 0.4) is 0 Å². The monoisotopic (exact) mass is 324 g/mol. The molecular weight excluding hydrogens is 300 g/mol. The maximum absolute atomic E-state index is 12.0. The highest BCUT2D eigenvalue weighted by molar-refractivity contribution is 5.92. The minimum atomic E-state index is 0.286. The van der Waals surface area contributed by atoms with Gasteiger partial charge in [-0.15, -0.1) is 0 Å². The van der Waals surface area contributed by atoms with Gasteiger partial charge in [0.05, 0.1) is 5.52 Å². The van der Waals surface area contributed by atoms with Crippen molar-refractivity contribution in [3.05, 3.63) is 29.5 Å². The first-order valence-electron chi connectivity index (χ1n) is 9.26. The van der Waals surface area contributed by atoms with Gasteiger partial charge in [-0.3, -0.25) is 14.3 Å². The minimum absolute atomic E-state index is 0.286. The van der Waals surface area contributed by atoms with Gasteiger partial charge in [-0.2, -0.15) is 0 Å². The minimum Gasteiger partial charge on any atom is -0.508 e. The van der Waals surface area contributed by atoms with Gasteiger partial charge in [-0.1, -0.05) is 13.3 Å². The Morgan fingerprint density at radius 2 is 2.21 bits per heavy atom. The summed E-state index contributed by atoms with van der Waals surface area (Å²) < 4.78 is 1.88. The zero-order valence-corrected chi connectivity index (χ0v) is 14.1. The molecule has 2 aromatic rings. The van der Waals surface area contributed by atoms with E-state index in [4.69, 9.17) is 0 Å². The average Bonchev–Trinajstić information content (AvgIpc) is 2.85. The molecule has 4 bridgehead atoms. The van der Waals surface area contributed by atoms with Gasteiger partial charge in [-0.05, 0) is 54.9 Å². The lowest BCUT2D eigenvalue weighted by molar-refractivity contribution is -0.0137. The summed E-state index contributed by atoms with van der Waals surface area (Å²) in [6.07, 6.45) is 5.75. The molecule has 4 heteroatoms. The van der Waals surface area contributed by atoms with Crippen molar-refractivity contribution < 1.29 is 9.90 Å². The quantitative estimate of drug-likeness (QED) is 0.863. The molecular formula is C20H24N2O2. The first-order chi connectivity index (χ1) is 11.7. The molecule has 4 nitrogen and oxygen atoms in total. The standard InChI is InChI=1S/C20H24N2O2/c1-2-13-7-12-8-17-19(13)21(10-12)6-5-15-16-9-14(24)3-4-18(16)22(11-23)20(15)17/h3-4,9,11-13,17,19,24H,2,5-8,10H2,1H3/t12-,13-,17+,19?/m0/s1. The molecule has 126 valence electrons. The van der Waals surface area contributed by atoms with E-state index in [1.54, 1.807) is 6.07 Å². The van der Waals surface area contributed by atoms with E-state index in [0.29, 0.717) is 12.0 Å². The van der Waals surface area contributed by atoms with Crippen LogP contribution in [-0.2, 0) is 11.2 Å². The largest absolute Gasteiger partial charge is 0.508 e. The number of aromatic hydroxyl groups is 1. The van der Waals surface area contributed by atoms with E-state index in [1.165, 1.54) is 37.1 Å². The van der Waals surface area contributed by atoms with Crippen LogP contribution < -0.4 is 0 Å². The number of piperidine rings is 2. The molecule has 2 unspecified atom stereocenters. The van der Waals surface area contributed by atoms with Crippen molar-refractivity contribution in [2.24, 2.45) is 11.8 Å². The second-order valence-electron chi connectivity index (χ2n) is 7.89. The molecule has 24 heavy (non-hydrogen) atoms. The van der Waals surface area contributed by atoms with Crippen LogP contribution in [0.4, 0.5) is 0 Å². The van der Waals surface area contributed by atoms with Gasteiger partial charge in [-0.25, -0.2) is 0 Å². The zero-order chi connectivity index (χ0) is 16.4. The summed E-state index contributed by atoms with van der Waals surface area (Å²) >= 11 is 0. The predicted molar refractivity (Wildman–Crippen MR) is 94.1 cm³/mol. The third-order valence-electron chi connectivity index (χ3n) is 6.80. The Bertz CT molecular complexity index is 825. The number of rotatable bonds is 2. The fourth-order valence-corrected chi connectivity index (χ4v) is 5.99. The van der Waals surface area contributed by atoms with Crippen molar-refractivity contribution in [2.45, 2.75) is 44.6 Å². The third kappa shape index (κ3) is 1.80. The number of carbonyl (C=O) groups excluding carboxylic acids is 1. The van der Waals surface area contributed by atoms with Crippen molar-refractivity contribution in [3.63, 3.8) is 0 Å². The van der Waals surface area contributed by atoms with Gasteiger partial charge in [0, 0.05) is 36.1 Å². The van der Waals surface area contributed by atoms with Crippen LogP contribution in [0.2, 0.25) is 0 Å². The highest BCUT2D eigenvalue weighted by Gasteiger charge is 2.49. The number of benzene rings is 1. The van der Waals surface area contributed by atoms with Gasteiger partial charge >= 0.3 is 0 Å². The Balaban J connectivity index is 1.76. The summed E-state index contributed by atoms with van der Waals surface area (Å²) in [7, 11) is 0. The number of carbonyl (C=O) groups is 1. The molecule has 4 heterocycles. The third-order valence-corrected chi connectivity index (χ3v) is 6.80. The van der Waals surface area contributed by atoms with Crippen LogP contribution in [0, 0.1) is 11.8 Å². The molecule has 0 amide bonds. The summed E-state index contributed by atoms with van der Waals surface area (Å²) in [5.74, 6) is 2.26. The van der Waals surface area contributed by atoms with E-state index >= 15 is 0 Å². The maximum atomic E-state index is 12.0. The molecule has 0 radical (unpaired) electrons. The number of phenolic OH excluding ortho intramolecular Hbond substituents is 1. The Morgan fingerprint density at radius 3 is 3.00 bits per heavy atom. The van der Waals surface area contributed by atoms with Crippen molar-refractivity contribution in [1.82, 2.24) is 9.47 Å². The van der Waals surface area contributed by atoms with Crippen molar-refractivity contribution in [1.29, 1.82) is 0 Å². The van der Waals surface area contributed by atoms with Crippen LogP contribution in [0.5, 0.6) is 5.75 Å². The summed E-state index contributed by atoms with van der Waals surface area (Å²) in [5, 5.41) is 11.0. The Kier molecular flexibility index (Phi) is 3.08. The van der Waals surface area contributed by atoms with Gasteiger partial charge < -0.3 is 5.11 Å². The molecule has 1 saturated carbocycles. The lowest BCUT2D eigenvalue weighted by atomic mass is 9.65. The van der Waals surface area contributed by atoms with Crippen LogP contribution in [0.25, 0.3) is 10.9 Å². The van der Waals surface area contributed by atoms with Gasteiger partial charge in [0.2, 0.25) is 6.41 Å². The number of hydrogen-bond donors (Lipinski definition) is 1. The SMILES string of the molecule is CC[C@H]1C[C@H]2C[C@H]3c4c(c5cc(O)ccc5n4C=O)CCN(C2)C13. The molecule has 4 aliphatic rings. The number of phenols is 1. The summed E-state index contributed by atoms with van der Waals surface area (Å²) in [4.78, 5) is 14.7. The topological polar surface area (TPSA) is 45.5 Å². The Morgan fingerprint density at radius 1 is 1.33 bits per heavy atom. The van der Waals surface area contributed by atoms with Crippen molar-refractivity contribution >= 4 is 17.3 Å². The van der Waals surface area contributed by atoms with E-state index in [2.05, 4.69) is 11.8 Å². The molecule has 6 rings (SSSR count). The number of aromatic nitrogens is 1. The van der Waals surface area contributed by atoms with Crippen LogP contribution in [-0.4, -0.2) is 40.1 Å². The number of hydrogen-bond acceptors (Lipinski definition) is 3. The highest BCUT2D eigenvalue weighted by Crippen LogP contribution is 2.51. The summed E-state index contributed by atoms with van der Waals surface area (Å²) in [5.41, 5.74) is 3.49. The molecule has 2 saturated heterocycles.